The fourth-order valence-corrected chi connectivity index (χ4v) is 3.27. The van der Waals surface area contributed by atoms with Gasteiger partial charge in [-0.15, -0.1) is 0 Å². The summed E-state index contributed by atoms with van der Waals surface area (Å²) in [6.45, 7) is 4.01. The van der Waals surface area contributed by atoms with Gasteiger partial charge in [-0.05, 0) is 50.5 Å². The van der Waals surface area contributed by atoms with E-state index in [-0.39, 0.29) is 6.04 Å². The first kappa shape index (κ1) is 19.1. The van der Waals surface area contributed by atoms with Crippen molar-refractivity contribution in [2.24, 2.45) is 5.92 Å². The van der Waals surface area contributed by atoms with E-state index in [1.54, 1.807) is 14.2 Å². The van der Waals surface area contributed by atoms with Crippen molar-refractivity contribution in [3.05, 3.63) is 53.3 Å². The number of aromatic nitrogens is 2. The van der Waals surface area contributed by atoms with Crippen LogP contribution in [0.4, 0.5) is 5.82 Å². The first-order chi connectivity index (χ1) is 14.1. The van der Waals surface area contributed by atoms with Crippen LogP contribution in [0.15, 0.2) is 36.4 Å². The maximum Gasteiger partial charge on any atom is 0.162 e. The average molecular weight is 387 g/mol. The van der Waals surface area contributed by atoms with Crippen molar-refractivity contribution in [1.29, 1.82) is 0 Å². The van der Waals surface area contributed by atoms with Crippen molar-refractivity contribution < 1.29 is 9.47 Å². The normalized spacial score (nSPS) is 14.1. The molecular formula is C24H25N3O2. The van der Waals surface area contributed by atoms with Gasteiger partial charge < -0.3 is 14.8 Å². The standard InChI is InChI=1S/C24H25N3O2/c1-15(19-7-5-6-18(12-19)11-10-17-8-9-17)25-24-20-13-22(28-3)23(29-4)14-21(20)26-16(2)27-24/h5-7,12-15,17H,8-9H2,1-4H3,(H,25,26,27)/t15-/m1/s1. The smallest absolute Gasteiger partial charge is 0.162 e. The van der Waals surface area contributed by atoms with Gasteiger partial charge >= 0.3 is 0 Å². The van der Waals surface area contributed by atoms with Gasteiger partial charge in [-0.3, -0.25) is 0 Å². The SMILES string of the molecule is COc1cc2nc(C)nc(N[C@H](C)c3cccc(C#CC4CC4)c3)c2cc1OC. The fraction of sp³-hybridized carbons (Fsp3) is 0.333. The van der Waals surface area contributed by atoms with E-state index in [0.717, 1.165) is 27.8 Å². The first-order valence-electron chi connectivity index (χ1n) is 9.86. The number of nitrogens with one attached hydrogen (secondary N) is 1. The second-order valence-corrected chi connectivity index (χ2v) is 7.38. The molecule has 0 bridgehead atoms. The molecule has 0 amide bonds. The number of hydrogen-bond acceptors (Lipinski definition) is 5. The summed E-state index contributed by atoms with van der Waals surface area (Å²) in [6.07, 6.45) is 2.47. The molecule has 148 valence electrons. The van der Waals surface area contributed by atoms with Crippen molar-refractivity contribution in [1.82, 2.24) is 9.97 Å². The van der Waals surface area contributed by atoms with Crippen molar-refractivity contribution in [3.8, 4) is 23.3 Å². The number of ether oxygens (including phenoxy) is 2. The number of aryl methyl sites for hydroxylation is 1. The molecule has 1 atom stereocenters. The van der Waals surface area contributed by atoms with E-state index in [1.807, 2.05) is 19.1 Å². The third-order valence-corrected chi connectivity index (χ3v) is 5.05. The molecule has 0 saturated heterocycles. The first-order valence-corrected chi connectivity index (χ1v) is 9.86. The summed E-state index contributed by atoms with van der Waals surface area (Å²) >= 11 is 0. The fourth-order valence-electron chi connectivity index (χ4n) is 3.27. The lowest BCUT2D eigenvalue weighted by molar-refractivity contribution is 0.356. The molecule has 1 aliphatic rings. The highest BCUT2D eigenvalue weighted by atomic mass is 16.5. The van der Waals surface area contributed by atoms with Crippen molar-refractivity contribution in [3.63, 3.8) is 0 Å². The molecule has 3 aromatic rings. The van der Waals surface area contributed by atoms with Gasteiger partial charge in [-0.2, -0.15) is 0 Å². The van der Waals surface area contributed by atoms with Crippen molar-refractivity contribution in [2.75, 3.05) is 19.5 Å². The summed E-state index contributed by atoms with van der Waals surface area (Å²) in [5.74, 6) is 10.00. The number of fused-ring (bicyclic) bond motifs is 1. The second kappa shape index (κ2) is 8.00. The van der Waals surface area contributed by atoms with E-state index in [4.69, 9.17) is 9.47 Å². The molecule has 2 aromatic carbocycles. The zero-order valence-electron chi connectivity index (χ0n) is 17.2. The molecule has 5 nitrogen and oxygen atoms in total. The van der Waals surface area contributed by atoms with Gasteiger partial charge in [0.15, 0.2) is 11.5 Å². The van der Waals surface area contributed by atoms with Gasteiger partial charge in [0, 0.05) is 22.9 Å². The largest absolute Gasteiger partial charge is 0.493 e. The Kier molecular flexibility index (Phi) is 5.26. The molecular weight excluding hydrogens is 362 g/mol. The molecule has 1 aromatic heterocycles. The summed E-state index contributed by atoms with van der Waals surface area (Å²) in [4.78, 5) is 9.20. The van der Waals surface area contributed by atoms with Crippen LogP contribution in [0.3, 0.4) is 0 Å². The lowest BCUT2D eigenvalue weighted by Crippen LogP contribution is -2.10. The van der Waals surface area contributed by atoms with Gasteiger partial charge in [0.1, 0.15) is 11.6 Å². The van der Waals surface area contributed by atoms with Gasteiger partial charge in [0.2, 0.25) is 0 Å². The molecule has 0 unspecified atom stereocenters. The summed E-state index contributed by atoms with van der Waals surface area (Å²) in [6, 6.07) is 12.2. The zero-order chi connectivity index (χ0) is 20.4. The number of hydrogen-bond donors (Lipinski definition) is 1. The van der Waals surface area contributed by atoms with E-state index in [0.29, 0.717) is 23.2 Å². The van der Waals surface area contributed by atoms with E-state index >= 15 is 0 Å². The van der Waals surface area contributed by atoms with Crippen LogP contribution in [-0.4, -0.2) is 24.2 Å². The van der Waals surface area contributed by atoms with Crippen LogP contribution in [0.25, 0.3) is 10.9 Å². The molecule has 4 rings (SSSR count). The Balaban J connectivity index is 1.66. The van der Waals surface area contributed by atoms with Crippen LogP contribution in [-0.2, 0) is 0 Å². The molecule has 0 radical (unpaired) electrons. The average Bonchev–Trinajstić information content (AvgIpc) is 3.56. The number of rotatable bonds is 5. The van der Waals surface area contributed by atoms with Crippen molar-refractivity contribution in [2.45, 2.75) is 32.7 Å². The minimum Gasteiger partial charge on any atom is -0.493 e. The molecule has 1 fully saturated rings. The molecule has 29 heavy (non-hydrogen) atoms. The molecule has 0 aliphatic heterocycles. The summed E-state index contributed by atoms with van der Waals surface area (Å²) in [5.41, 5.74) is 3.03. The van der Waals surface area contributed by atoms with E-state index in [1.165, 1.54) is 12.8 Å². The monoisotopic (exact) mass is 387 g/mol. The molecule has 0 spiro atoms. The van der Waals surface area contributed by atoms with Crippen LogP contribution in [0.5, 0.6) is 11.5 Å². The number of nitrogens with zero attached hydrogens (tertiary/aromatic N) is 2. The van der Waals surface area contributed by atoms with Gasteiger partial charge in [0.25, 0.3) is 0 Å². The van der Waals surface area contributed by atoms with Crippen LogP contribution in [0.2, 0.25) is 0 Å². The van der Waals surface area contributed by atoms with Gasteiger partial charge in [-0.25, -0.2) is 9.97 Å². The van der Waals surface area contributed by atoms with Crippen LogP contribution < -0.4 is 14.8 Å². The molecule has 5 heteroatoms. The molecule has 1 aliphatic carbocycles. The Morgan fingerprint density at radius 2 is 1.83 bits per heavy atom. The highest BCUT2D eigenvalue weighted by Crippen LogP contribution is 2.35. The van der Waals surface area contributed by atoms with Crippen LogP contribution >= 0.6 is 0 Å². The van der Waals surface area contributed by atoms with Gasteiger partial charge in [-0.1, -0.05) is 24.0 Å². The third-order valence-electron chi connectivity index (χ3n) is 5.05. The minimum atomic E-state index is 0.0586. The Morgan fingerprint density at radius 1 is 1.07 bits per heavy atom. The minimum absolute atomic E-state index is 0.0586. The summed E-state index contributed by atoms with van der Waals surface area (Å²) < 4.78 is 10.9. The van der Waals surface area contributed by atoms with Crippen LogP contribution in [0.1, 0.15) is 42.8 Å². The Labute approximate surface area is 171 Å². The maximum absolute atomic E-state index is 5.46. The Morgan fingerprint density at radius 3 is 2.55 bits per heavy atom. The second-order valence-electron chi connectivity index (χ2n) is 7.38. The number of methoxy groups -OCH3 is 2. The molecule has 1 heterocycles. The lowest BCUT2D eigenvalue weighted by Gasteiger charge is -2.18. The third kappa shape index (κ3) is 4.27. The number of benzene rings is 2. The van der Waals surface area contributed by atoms with E-state index < -0.39 is 0 Å². The quantitative estimate of drug-likeness (QED) is 0.632. The topological polar surface area (TPSA) is 56.3 Å². The maximum atomic E-state index is 5.46. The predicted molar refractivity (Wildman–Crippen MR) is 115 cm³/mol. The van der Waals surface area contributed by atoms with E-state index in [2.05, 4.69) is 58.3 Å². The highest BCUT2D eigenvalue weighted by Gasteiger charge is 2.18. The molecule has 1 N–H and O–H groups in total. The summed E-state index contributed by atoms with van der Waals surface area (Å²) in [7, 11) is 3.25. The van der Waals surface area contributed by atoms with E-state index in [9.17, 15) is 0 Å². The summed E-state index contributed by atoms with van der Waals surface area (Å²) in [5, 5.41) is 4.43. The Hall–Kier alpha value is -3.26. The highest BCUT2D eigenvalue weighted by molar-refractivity contribution is 5.92. The number of anilines is 1. The van der Waals surface area contributed by atoms with Crippen molar-refractivity contribution >= 4 is 16.7 Å². The lowest BCUT2D eigenvalue weighted by atomic mass is 10.0. The Bertz CT molecular complexity index is 1110. The van der Waals surface area contributed by atoms with Gasteiger partial charge in [0.05, 0.1) is 25.8 Å². The molecule has 1 saturated carbocycles. The zero-order valence-corrected chi connectivity index (χ0v) is 17.2. The predicted octanol–water partition coefficient (Wildman–Crippen LogP) is 4.89. The van der Waals surface area contributed by atoms with Crippen LogP contribution in [0, 0.1) is 24.7 Å².